The van der Waals surface area contributed by atoms with Crippen molar-refractivity contribution in [2.45, 2.75) is 101 Å². The number of allylic oxidation sites excluding steroid dienone is 1. The minimum absolute atomic E-state index is 0.0273. The van der Waals surface area contributed by atoms with Crippen LogP contribution in [0, 0.1) is 17.8 Å². The molecule has 14 nitrogen and oxygen atoms in total. The summed E-state index contributed by atoms with van der Waals surface area (Å²) in [6, 6.07) is 2.70. The average Bonchev–Trinajstić information content (AvgIpc) is 3.97. The molecule has 7 atom stereocenters. The molecule has 6 rings (SSSR count). The van der Waals surface area contributed by atoms with Crippen molar-refractivity contribution in [3.8, 4) is 11.5 Å². The minimum Gasteiger partial charge on any atom is -0.494 e. The zero-order valence-electron chi connectivity index (χ0n) is 30.0. The van der Waals surface area contributed by atoms with Gasteiger partial charge in [-0.15, -0.1) is 0 Å². The summed E-state index contributed by atoms with van der Waals surface area (Å²) in [5.41, 5.74) is -1.09. The van der Waals surface area contributed by atoms with Crippen molar-refractivity contribution in [3.05, 3.63) is 40.5 Å². The molecule has 2 aliphatic heterocycles. The van der Waals surface area contributed by atoms with Crippen molar-refractivity contribution >= 4 is 67.9 Å². The lowest BCUT2D eigenvalue weighted by Crippen LogP contribution is -2.59. The molecule has 3 fully saturated rings. The molecule has 1 aromatic heterocycles. The van der Waals surface area contributed by atoms with Crippen LogP contribution >= 0.6 is 23.2 Å². The van der Waals surface area contributed by atoms with Crippen LogP contribution in [-0.4, -0.2) is 88.8 Å². The fourth-order valence-corrected chi connectivity index (χ4v) is 9.29. The highest BCUT2D eigenvalue weighted by Crippen LogP contribution is 2.48. The summed E-state index contributed by atoms with van der Waals surface area (Å²) < 4.78 is 39.3. The summed E-state index contributed by atoms with van der Waals surface area (Å²) >= 11 is 13.4. The molecule has 3 heterocycles. The Hall–Kier alpha value is -3.82. The number of sulfonamides is 1. The summed E-state index contributed by atoms with van der Waals surface area (Å²) in [5.74, 6) is -2.46. The largest absolute Gasteiger partial charge is 0.494 e. The van der Waals surface area contributed by atoms with Crippen molar-refractivity contribution in [1.29, 1.82) is 0 Å². The molecule has 0 spiro atoms. The van der Waals surface area contributed by atoms with Crippen LogP contribution in [0.25, 0.3) is 10.9 Å². The first-order valence-electron chi connectivity index (χ1n) is 17.9. The molecule has 288 valence electrons. The van der Waals surface area contributed by atoms with Gasteiger partial charge in [0.15, 0.2) is 10.9 Å². The molecule has 0 bridgehead atoms. The van der Waals surface area contributed by atoms with Gasteiger partial charge in [-0.1, -0.05) is 49.2 Å². The van der Waals surface area contributed by atoms with E-state index in [1.165, 1.54) is 4.90 Å². The van der Waals surface area contributed by atoms with Crippen molar-refractivity contribution in [1.82, 2.24) is 25.2 Å². The first-order chi connectivity index (χ1) is 25.0. The van der Waals surface area contributed by atoms with E-state index < -0.39 is 74.1 Å². The van der Waals surface area contributed by atoms with Crippen molar-refractivity contribution in [2.24, 2.45) is 17.8 Å². The van der Waals surface area contributed by atoms with Gasteiger partial charge in [0.2, 0.25) is 21.8 Å². The van der Waals surface area contributed by atoms with Crippen LogP contribution in [-0.2, 0) is 24.4 Å². The fraction of sp³-hybridized carbons (Fsp3) is 0.583. The van der Waals surface area contributed by atoms with Crippen LogP contribution in [0.1, 0.15) is 72.6 Å². The lowest BCUT2D eigenvalue weighted by Gasteiger charge is -2.32. The van der Waals surface area contributed by atoms with E-state index in [0.29, 0.717) is 48.9 Å². The number of nitrogens with one attached hydrogen (secondary N) is 3. The van der Waals surface area contributed by atoms with E-state index in [9.17, 15) is 32.7 Å². The summed E-state index contributed by atoms with van der Waals surface area (Å²) in [7, 11) is -4.02. The van der Waals surface area contributed by atoms with Gasteiger partial charge >= 0.3 is 6.09 Å². The van der Waals surface area contributed by atoms with Gasteiger partial charge in [-0.05, 0) is 82.4 Å². The standard InChI is InChI=1S/C36H45Cl2N5O9S/c1-5-51-22-10-11-25-24(15-22)27(37)29(30(38)39-25)52-23-16-26-31(44)41-36(33(46)42-53(49,50)35(4)12-13-35)17-21(36)9-7-6-8-19(2)14-20(3)28(40-34(47)48)32(45)43(26)18-23/h7,9-11,15,19-21,23,26,28,40H,5-6,8,12-14,16-18H2,1-4H3,(H,41,44)(H,42,46)(H,47,48)/t19-,20-,21-,23-,26+,28+,36-/m1/s1. The van der Waals surface area contributed by atoms with E-state index in [2.05, 4.69) is 20.3 Å². The maximum atomic E-state index is 14.4. The minimum atomic E-state index is -4.02. The molecule has 2 saturated carbocycles. The molecule has 1 saturated heterocycles. The van der Waals surface area contributed by atoms with Crippen LogP contribution in [0.3, 0.4) is 0 Å². The van der Waals surface area contributed by atoms with Crippen LogP contribution < -0.4 is 24.8 Å². The average molecular weight is 795 g/mol. The molecular formula is C36H45Cl2N5O9S. The second kappa shape index (κ2) is 14.8. The second-order valence-electron chi connectivity index (χ2n) is 15.0. The SMILES string of the molecule is CCOc1ccc2nc(Cl)c(O[C@@H]3C[C@H]4C(=O)N[C@]5(C(=O)NS(=O)(=O)C6(C)CC6)C[C@H]5C=CCC[C@@H](C)C[C@@H](C)[C@H](NC(=O)O)C(=O)N4C3)c(Cl)c2c1. The quantitative estimate of drug-likeness (QED) is 0.213. The number of hydrogen-bond donors (Lipinski definition) is 4. The van der Waals surface area contributed by atoms with E-state index in [0.717, 1.165) is 6.42 Å². The lowest BCUT2D eigenvalue weighted by atomic mass is 9.88. The zero-order chi connectivity index (χ0) is 38.5. The number of rotatable bonds is 8. The van der Waals surface area contributed by atoms with Gasteiger partial charge in [-0.25, -0.2) is 18.2 Å². The van der Waals surface area contributed by atoms with E-state index in [1.807, 2.05) is 26.0 Å². The highest BCUT2D eigenvalue weighted by atomic mass is 35.5. The Morgan fingerprint density at radius 2 is 1.91 bits per heavy atom. The summed E-state index contributed by atoms with van der Waals surface area (Å²) in [4.78, 5) is 60.2. The van der Waals surface area contributed by atoms with E-state index in [-0.39, 0.29) is 41.2 Å². The Kier molecular flexibility index (Phi) is 10.8. The third kappa shape index (κ3) is 7.88. The molecular weight excluding hydrogens is 749 g/mol. The van der Waals surface area contributed by atoms with Gasteiger partial charge in [0.1, 0.15) is 29.5 Å². The smallest absolute Gasteiger partial charge is 0.405 e. The molecule has 2 aromatic rings. The van der Waals surface area contributed by atoms with Crippen molar-refractivity contribution in [2.75, 3.05) is 13.2 Å². The first-order valence-corrected chi connectivity index (χ1v) is 20.2. The summed E-state index contributed by atoms with van der Waals surface area (Å²) in [5, 5.41) is 15.6. The Bertz CT molecular complexity index is 1960. The number of amides is 4. The molecule has 4 aliphatic rings. The molecule has 2 aliphatic carbocycles. The third-order valence-electron chi connectivity index (χ3n) is 10.9. The first kappa shape index (κ1) is 38.9. The van der Waals surface area contributed by atoms with E-state index >= 15 is 0 Å². The molecule has 0 unspecified atom stereocenters. The Balaban J connectivity index is 1.35. The zero-order valence-corrected chi connectivity index (χ0v) is 32.3. The number of benzene rings is 1. The topological polar surface area (TPSA) is 193 Å². The van der Waals surface area contributed by atoms with Gasteiger partial charge in [-0.2, -0.15) is 0 Å². The maximum Gasteiger partial charge on any atom is 0.405 e. The number of pyridine rings is 1. The number of halogens is 2. The van der Waals surface area contributed by atoms with Crippen molar-refractivity contribution < 1.29 is 42.2 Å². The molecule has 17 heteroatoms. The predicted molar refractivity (Wildman–Crippen MR) is 197 cm³/mol. The fourth-order valence-electron chi connectivity index (χ4n) is 7.41. The van der Waals surface area contributed by atoms with E-state index in [1.54, 1.807) is 32.0 Å². The molecule has 4 amide bonds. The third-order valence-corrected chi connectivity index (χ3v) is 13.7. The van der Waals surface area contributed by atoms with Crippen LogP contribution in [0.2, 0.25) is 10.2 Å². The number of carboxylic acid groups (broad SMARTS) is 1. The number of fused-ring (bicyclic) bond motifs is 3. The van der Waals surface area contributed by atoms with E-state index in [4.69, 9.17) is 32.7 Å². The molecule has 4 N–H and O–H groups in total. The predicted octanol–water partition coefficient (Wildman–Crippen LogP) is 4.81. The highest BCUT2D eigenvalue weighted by Gasteiger charge is 2.63. The normalized spacial score (nSPS) is 29.9. The number of carbonyl (C=O) groups is 4. The Morgan fingerprint density at radius 1 is 1.17 bits per heavy atom. The Morgan fingerprint density at radius 3 is 2.58 bits per heavy atom. The second-order valence-corrected chi connectivity index (χ2v) is 18.0. The maximum absolute atomic E-state index is 14.4. The van der Waals surface area contributed by atoms with Gasteiger partial charge in [0, 0.05) is 17.7 Å². The number of carbonyl (C=O) groups excluding carboxylic acids is 3. The summed E-state index contributed by atoms with van der Waals surface area (Å²) in [6.07, 6.45) is 4.23. The van der Waals surface area contributed by atoms with Crippen LogP contribution in [0.4, 0.5) is 4.79 Å². The van der Waals surface area contributed by atoms with Gasteiger partial charge in [-0.3, -0.25) is 19.1 Å². The number of aromatic nitrogens is 1. The van der Waals surface area contributed by atoms with Crippen molar-refractivity contribution in [3.63, 3.8) is 0 Å². The summed E-state index contributed by atoms with van der Waals surface area (Å²) in [6.45, 7) is 7.47. The molecule has 0 radical (unpaired) electrons. The van der Waals surface area contributed by atoms with Crippen LogP contribution in [0.15, 0.2) is 30.4 Å². The molecule has 1 aromatic carbocycles. The van der Waals surface area contributed by atoms with Gasteiger partial charge in [0.05, 0.1) is 28.4 Å². The Labute approximate surface area is 318 Å². The van der Waals surface area contributed by atoms with Gasteiger partial charge in [0.25, 0.3) is 5.91 Å². The lowest BCUT2D eigenvalue weighted by molar-refractivity contribution is -0.142. The number of hydrogen-bond acceptors (Lipinski definition) is 9. The number of ether oxygens (including phenoxy) is 2. The number of nitrogens with zero attached hydrogens (tertiary/aromatic N) is 2. The van der Waals surface area contributed by atoms with Crippen LogP contribution in [0.5, 0.6) is 11.5 Å². The monoisotopic (exact) mass is 793 g/mol. The van der Waals surface area contributed by atoms with Gasteiger partial charge < -0.3 is 30.1 Å². The highest BCUT2D eigenvalue weighted by molar-refractivity contribution is 7.91. The molecule has 53 heavy (non-hydrogen) atoms.